The van der Waals surface area contributed by atoms with Gasteiger partial charge in [-0.2, -0.15) is 4.31 Å². The first kappa shape index (κ1) is 28.9. The van der Waals surface area contributed by atoms with Gasteiger partial charge in [0.05, 0.1) is 5.39 Å². The van der Waals surface area contributed by atoms with E-state index in [4.69, 9.17) is 10.5 Å². The van der Waals surface area contributed by atoms with Crippen LogP contribution in [0, 0.1) is 17.8 Å². The Morgan fingerprint density at radius 1 is 1.02 bits per heavy atom. The first-order valence-corrected chi connectivity index (χ1v) is 16.1. The standard InChI is InChI=1S/C33H36N6O3S/c1-4-43(40,41)38-20-26(21-38)37-18-16-24(17-19-37)10-15-29-30(31-32(34)35-22-36-33(31)39(29)23(2)3)25-11-13-28(14-12-25)42-27-8-6-5-7-9-27/h4-9,11-14,22-24,26H,1,16-21H2,2-3H3,(H2,34,35,36). The summed E-state index contributed by atoms with van der Waals surface area (Å²) >= 11 is 0. The van der Waals surface area contributed by atoms with Crippen LogP contribution in [0.3, 0.4) is 0 Å². The zero-order chi connectivity index (χ0) is 30.1. The fraction of sp³-hybridized carbons (Fsp3) is 0.333. The molecule has 2 aromatic heterocycles. The molecule has 4 aromatic rings. The molecule has 0 saturated carbocycles. The molecule has 43 heavy (non-hydrogen) atoms. The SMILES string of the molecule is C=CS(=O)(=O)N1CC(N2CCC(C#Cc3c(-c4ccc(Oc5ccccc5)cc4)c4c(N)ncnc4n3C(C)C)CC2)C1. The minimum absolute atomic E-state index is 0.103. The van der Waals surface area contributed by atoms with Crippen molar-refractivity contribution in [1.29, 1.82) is 0 Å². The van der Waals surface area contributed by atoms with E-state index in [1.54, 1.807) is 0 Å². The van der Waals surface area contributed by atoms with E-state index in [0.29, 0.717) is 18.9 Å². The Morgan fingerprint density at radius 2 is 1.70 bits per heavy atom. The normalized spacial score (nSPS) is 17.0. The lowest BCUT2D eigenvalue weighted by Crippen LogP contribution is -2.61. The Morgan fingerprint density at radius 3 is 2.35 bits per heavy atom. The van der Waals surface area contributed by atoms with Crippen molar-refractivity contribution < 1.29 is 13.2 Å². The first-order valence-electron chi connectivity index (χ1n) is 14.6. The number of aromatic nitrogens is 3. The van der Waals surface area contributed by atoms with Crippen LogP contribution in [0.25, 0.3) is 22.2 Å². The van der Waals surface area contributed by atoms with Gasteiger partial charge in [-0.05, 0) is 75.5 Å². The molecule has 0 bridgehead atoms. The molecule has 0 unspecified atom stereocenters. The number of nitrogens with zero attached hydrogens (tertiary/aromatic N) is 5. The second-order valence-electron chi connectivity index (χ2n) is 11.3. The summed E-state index contributed by atoms with van der Waals surface area (Å²) in [5.41, 5.74) is 10.0. The summed E-state index contributed by atoms with van der Waals surface area (Å²) in [6.07, 6.45) is 3.37. The molecule has 0 spiro atoms. The monoisotopic (exact) mass is 596 g/mol. The molecule has 4 heterocycles. The predicted molar refractivity (Wildman–Crippen MR) is 170 cm³/mol. The lowest BCUT2D eigenvalue weighted by molar-refractivity contribution is 0.0649. The number of benzene rings is 2. The number of hydrogen-bond donors (Lipinski definition) is 1. The molecule has 2 saturated heterocycles. The van der Waals surface area contributed by atoms with E-state index in [2.05, 4.69) is 51.7 Å². The lowest BCUT2D eigenvalue weighted by atomic mass is 9.94. The summed E-state index contributed by atoms with van der Waals surface area (Å²) in [5.74, 6) is 9.30. The average molecular weight is 597 g/mol. The van der Waals surface area contributed by atoms with Crippen molar-refractivity contribution in [3.63, 3.8) is 0 Å². The molecule has 0 atom stereocenters. The third kappa shape index (κ3) is 5.76. The Labute approximate surface area is 253 Å². The van der Waals surface area contributed by atoms with Crippen LogP contribution in [0.5, 0.6) is 11.5 Å². The van der Waals surface area contributed by atoms with Crippen molar-refractivity contribution in [2.75, 3.05) is 31.9 Å². The Bertz CT molecular complexity index is 1790. The molecule has 2 aromatic carbocycles. The number of para-hydroxylation sites is 1. The topological polar surface area (TPSA) is 107 Å². The Hall–Kier alpha value is -4.17. The quantitative estimate of drug-likeness (QED) is 0.290. The van der Waals surface area contributed by atoms with Gasteiger partial charge in [0.15, 0.2) is 0 Å². The van der Waals surface area contributed by atoms with E-state index in [9.17, 15) is 8.42 Å². The summed E-state index contributed by atoms with van der Waals surface area (Å²) in [5, 5.41) is 1.83. The van der Waals surface area contributed by atoms with Crippen LogP contribution in [-0.4, -0.2) is 64.4 Å². The number of fused-ring (bicyclic) bond motifs is 1. The smallest absolute Gasteiger partial charge is 0.235 e. The molecule has 2 fully saturated rings. The number of nitrogen functional groups attached to an aromatic ring is 1. The van der Waals surface area contributed by atoms with Crippen molar-refractivity contribution in [2.24, 2.45) is 5.92 Å². The van der Waals surface area contributed by atoms with E-state index in [1.807, 2.05) is 54.6 Å². The van der Waals surface area contributed by atoms with Crippen molar-refractivity contribution in [3.8, 4) is 34.5 Å². The maximum absolute atomic E-state index is 12.0. The van der Waals surface area contributed by atoms with Gasteiger partial charge >= 0.3 is 0 Å². The van der Waals surface area contributed by atoms with Gasteiger partial charge in [0, 0.05) is 42.1 Å². The van der Waals surface area contributed by atoms with Crippen molar-refractivity contribution in [3.05, 3.63) is 78.6 Å². The van der Waals surface area contributed by atoms with Gasteiger partial charge in [0.1, 0.15) is 35.0 Å². The second kappa shape index (κ2) is 11.8. The molecule has 2 aliphatic heterocycles. The molecule has 0 aliphatic carbocycles. The number of ether oxygens (including phenoxy) is 1. The van der Waals surface area contributed by atoms with Gasteiger partial charge in [-0.1, -0.05) is 42.8 Å². The fourth-order valence-electron chi connectivity index (χ4n) is 5.92. The third-order valence-electron chi connectivity index (χ3n) is 8.29. The molecule has 10 heteroatoms. The van der Waals surface area contributed by atoms with Gasteiger partial charge in [-0.3, -0.25) is 4.90 Å². The molecule has 0 radical (unpaired) electrons. The van der Waals surface area contributed by atoms with Gasteiger partial charge < -0.3 is 15.0 Å². The van der Waals surface area contributed by atoms with Gasteiger partial charge in [0.2, 0.25) is 10.0 Å². The van der Waals surface area contributed by atoms with Crippen molar-refractivity contribution in [1.82, 2.24) is 23.7 Å². The highest BCUT2D eigenvalue weighted by Crippen LogP contribution is 2.39. The zero-order valence-corrected chi connectivity index (χ0v) is 25.3. The molecular formula is C33H36N6O3S. The van der Waals surface area contributed by atoms with Crippen LogP contribution < -0.4 is 10.5 Å². The van der Waals surface area contributed by atoms with Crippen LogP contribution in [0.1, 0.15) is 38.4 Å². The number of rotatable bonds is 7. The molecule has 222 valence electrons. The maximum Gasteiger partial charge on any atom is 0.235 e. The molecular weight excluding hydrogens is 560 g/mol. The van der Waals surface area contributed by atoms with Gasteiger partial charge in [-0.15, -0.1) is 0 Å². The number of likely N-dealkylation sites (tertiary alicyclic amines) is 1. The number of nitrogens with two attached hydrogens (primary N) is 1. The largest absolute Gasteiger partial charge is 0.457 e. The minimum atomic E-state index is -3.33. The summed E-state index contributed by atoms with van der Waals surface area (Å²) in [7, 11) is -3.33. The lowest BCUT2D eigenvalue weighted by Gasteiger charge is -2.46. The van der Waals surface area contributed by atoms with E-state index in [1.165, 1.54) is 10.6 Å². The predicted octanol–water partition coefficient (Wildman–Crippen LogP) is 5.27. The summed E-state index contributed by atoms with van der Waals surface area (Å²) < 4.78 is 33.7. The number of anilines is 1. The van der Waals surface area contributed by atoms with Gasteiger partial charge in [0.25, 0.3) is 0 Å². The summed E-state index contributed by atoms with van der Waals surface area (Å²) in [6.45, 7) is 10.5. The van der Waals surface area contributed by atoms with E-state index in [0.717, 1.165) is 70.7 Å². The summed E-state index contributed by atoms with van der Waals surface area (Å²) in [4.78, 5) is 11.3. The molecule has 2 aliphatic rings. The highest BCUT2D eigenvalue weighted by molar-refractivity contribution is 7.92. The van der Waals surface area contributed by atoms with Crippen LogP contribution >= 0.6 is 0 Å². The van der Waals surface area contributed by atoms with E-state index >= 15 is 0 Å². The number of piperidine rings is 1. The molecule has 6 rings (SSSR count). The van der Waals surface area contributed by atoms with Crippen LogP contribution in [-0.2, 0) is 10.0 Å². The Balaban J connectivity index is 1.27. The van der Waals surface area contributed by atoms with E-state index in [-0.39, 0.29) is 18.0 Å². The third-order valence-corrected chi connectivity index (χ3v) is 9.73. The highest BCUT2D eigenvalue weighted by Gasteiger charge is 2.38. The molecule has 2 N–H and O–H groups in total. The molecule has 0 amide bonds. The van der Waals surface area contributed by atoms with Crippen LogP contribution in [0.2, 0.25) is 0 Å². The average Bonchev–Trinajstić information content (AvgIpc) is 3.32. The second-order valence-corrected chi connectivity index (χ2v) is 13.2. The van der Waals surface area contributed by atoms with Crippen LogP contribution in [0.4, 0.5) is 5.82 Å². The van der Waals surface area contributed by atoms with E-state index < -0.39 is 10.0 Å². The van der Waals surface area contributed by atoms with Crippen molar-refractivity contribution >= 4 is 26.9 Å². The maximum atomic E-state index is 12.0. The summed E-state index contributed by atoms with van der Waals surface area (Å²) in [6, 6.07) is 18.0. The number of sulfonamides is 1. The van der Waals surface area contributed by atoms with Crippen molar-refractivity contribution in [2.45, 2.75) is 38.8 Å². The van der Waals surface area contributed by atoms with Crippen LogP contribution in [0.15, 0.2) is 72.9 Å². The first-order chi connectivity index (χ1) is 20.7. The highest BCUT2D eigenvalue weighted by atomic mass is 32.2. The fourth-order valence-corrected chi connectivity index (χ4v) is 6.89. The minimum Gasteiger partial charge on any atom is -0.457 e. The Kier molecular flexibility index (Phi) is 7.97. The molecule has 9 nitrogen and oxygen atoms in total. The zero-order valence-electron chi connectivity index (χ0n) is 24.5. The number of hydrogen-bond acceptors (Lipinski definition) is 7. The van der Waals surface area contributed by atoms with Gasteiger partial charge in [-0.25, -0.2) is 18.4 Å².